The topological polar surface area (TPSA) is 15.3 Å². The quantitative estimate of drug-likeness (QED) is 0.814. The summed E-state index contributed by atoms with van der Waals surface area (Å²) in [4.78, 5) is 2.81. The predicted octanol–water partition coefficient (Wildman–Crippen LogP) is 3.81. The molecule has 0 amide bonds. The van der Waals surface area contributed by atoms with Crippen LogP contribution in [0.1, 0.15) is 72.1 Å². The molecule has 1 saturated carbocycles. The number of rotatable bonds is 5. The molecule has 19 heavy (non-hydrogen) atoms. The molecular weight excluding hydrogens is 232 g/mol. The summed E-state index contributed by atoms with van der Waals surface area (Å²) in [6, 6.07) is 1.43. The average Bonchev–Trinajstić information content (AvgIpc) is 2.74. The maximum Gasteiger partial charge on any atom is 0.00671 e. The molecule has 0 bridgehead atoms. The van der Waals surface area contributed by atoms with Crippen LogP contribution in [0.5, 0.6) is 0 Å². The molecule has 1 atom stereocenters. The normalized spacial score (nSPS) is 28.7. The Balaban J connectivity index is 1.94. The first-order valence-corrected chi connectivity index (χ1v) is 8.59. The Bertz CT molecular complexity index is 256. The van der Waals surface area contributed by atoms with E-state index in [1.54, 1.807) is 0 Å². The van der Waals surface area contributed by atoms with E-state index >= 15 is 0 Å². The van der Waals surface area contributed by atoms with E-state index < -0.39 is 0 Å². The Morgan fingerprint density at radius 3 is 2.53 bits per heavy atom. The van der Waals surface area contributed by atoms with Crippen LogP contribution in [0.4, 0.5) is 0 Å². The van der Waals surface area contributed by atoms with Crippen molar-refractivity contribution in [2.45, 2.75) is 84.2 Å². The van der Waals surface area contributed by atoms with Crippen molar-refractivity contribution in [3.05, 3.63) is 0 Å². The second-order valence-corrected chi connectivity index (χ2v) is 7.41. The van der Waals surface area contributed by atoms with Gasteiger partial charge in [-0.3, -0.25) is 0 Å². The van der Waals surface area contributed by atoms with Crippen LogP contribution in [0.3, 0.4) is 0 Å². The van der Waals surface area contributed by atoms with Gasteiger partial charge in [-0.15, -0.1) is 0 Å². The summed E-state index contributed by atoms with van der Waals surface area (Å²) in [5, 5.41) is 3.72. The molecule has 1 unspecified atom stereocenters. The van der Waals surface area contributed by atoms with Gasteiger partial charge in [0.15, 0.2) is 0 Å². The molecule has 0 aromatic carbocycles. The van der Waals surface area contributed by atoms with Gasteiger partial charge in [-0.05, 0) is 44.6 Å². The summed E-state index contributed by atoms with van der Waals surface area (Å²) >= 11 is 0. The molecule has 2 heteroatoms. The van der Waals surface area contributed by atoms with E-state index in [9.17, 15) is 0 Å². The third kappa shape index (κ3) is 4.46. The van der Waals surface area contributed by atoms with Gasteiger partial charge in [0, 0.05) is 25.2 Å². The minimum absolute atomic E-state index is 0.572. The Morgan fingerprint density at radius 1 is 1.11 bits per heavy atom. The van der Waals surface area contributed by atoms with E-state index in [4.69, 9.17) is 0 Å². The van der Waals surface area contributed by atoms with Gasteiger partial charge in [-0.1, -0.05) is 39.5 Å². The minimum Gasteiger partial charge on any atom is -0.314 e. The maximum atomic E-state index is 3.72. The lowest BCUT2D eigenvalue weighted by molar-refractivity contribution is 0.115. The van der Waals surface area contributed by atoms with E-state index in [-0.39, 0.29) is 0 Å². The second kappa shape index (κ2) is 7.08. The van der Waals surface area contributed by atoms with Gasteiger partial charge < -0.3 is 10.2 Å². The number of hydrogen-bond donors (Lipinski definition) is 1. The lowest BCUT2D eigenvalue weighted by atomic mass is 9.84. The zero-order valence-corrected chi connectivity index (χ0v) is 13.4. The molecule has 2 aliphatic rings. The van der Waals surface area contributed by atoms with Crippen molar-refractivity contribution in [3.63, 3.8) is 0 Å². The van der Waals surface area contributed by atoms with Gasteiger partial charge in [0.25, 0.3) is 0 Å². The van der Waals surface area contributed by atoms with Crippen molar-refractivity contribution in [2.75, 3.05) is 19.6 Å². The second-order valence-electron chi connectivity index (χ2n) is 7.41. The van der Waals surface area contributed by atoms with Crippen molar-refractivity contribution in [3.8, 4) is 0 Å². The molecule has 112 valence electrons. The van der Waals surface area contributed by atoms with E-state index in [1.165, 1.54) is 71.0 Å². The standard InChI is InChI=1S/C17H34N2/c1-15(2)18-13-17(10-6-7-11-17)14-19-12-8-4-5-9-16(19)3/h15-16,18H,4-14H2,1-3H3. The van der Waals surface area contributed by atoms with Crippen LogP contribution in [0.15, 0.2) is 0 Å². The maximum absolute atomic E-state index is 3.72. The van der Waals surface area contributed by atoms with E-state index in [0.717, 1.165) is 6.04 Å². The zero-order valence-electron chi connectivity index (χ0n) is 13.4. The minimum atomic E-state index is 0.572. The highest BCUT2D eigenvalue weighted by Gasteiger charge is 2.36. The lowest BCUT2D eigenvalue weighted by Crippen LogP contribution is -2.46. The van der Waals surface area contributed by atoms with Crippen LogP contribution >= 0.6 is 0 Å². The summed E-state index contributed by atoms with van der Waals surface area (Å²) in [6.07, 6.45) is 11.5. The summed E-state index contributed by atoms with van der Waals surface area (Å²) in [6.45, 7) is 10.9. The van der Waals surface area contributed by atoms with Crippen molar-refractivity contribution in [1.29, 1.82) is 0 Å². The average molecular weight is 266 g/mol. The Kier molecular flexibility index (Phi) is 5.70. The van der Waals surface area contributed by atoms with Gasteiger partial charge in [0.2, 0.25) is 0 Å². The SMILES string of the molecule is CC(C)NCC1(CN2CCCCCC2C)CCCC1. The highest BCUT2D eigenvalue weighted by molar-refractivity contribution is 4.91. The van der Waals surface area contributed by atoms with Gasteiger partial charge >= 0.3 is 0 Å². The third-order valence-electron chi connectivity index (χ3n) is 5.28. The molecule has 1 aliphatic carbocycles. The predicted molar refractivity (Wildman–Crippen MR) is 83.5 cm³/mol. The smallest absolute Gasteiger partial charge is 0.00671 e. The molecule has 0 radical (unpaired) electrons. The summed E-state index contributed by atoms with van der Waals surface area (Å²) in [7, 11) is 0. The van der Waals surface area contributed by atoms with Crippen molar-refractivity contribution in [1.82, 2.24) is 10.2 Å². The fourth-order valence-electron chi connectivity index (χ4n) is 3.94. The monoisotopic (exact) mass is 266 g/mol. The van der Waals surface area contributed by atoms with E-state index in [2.05, 4.69) is 31.0 Å². The number of hydrogen-bond acceptors (Lipinski definition) is 2. The number of likely N-dealkylation sites (tertiary alicyclic amines) is 1. The third-order valence-corrected chi connectivity index (χ3v) is 5.28. The zero-order chi connectivity index (χ0) is 13.7. The van der Waals surface area contributed by atoms with E-state index in [1.807, 2.05) is 0 Å². The Morgan fingerprint density at radius 2 is 1.84 bits per heavy atom. The fraction of sp³-hybridized carbons (Fsp3) is 1.00. The van der Waals surface area contributed by atoms with Crippen LogP contribution < -0.4 is 5.32 Å². The van der Waals surface area contributed by atoms with Crippen LogP contribution in [0.2, 0.25) is 0 Å². The van der Waals surface area contributed by atoms with Gasteiger partial charge in [-0.2, -0.15) is 0 Å². The lowest BCUT2D eigenvalue weighted by Gasteiger charge is -2.38. The molecule has 0 aromatic rings. The summed E-state index contributed by atoms with van der Waals surface area (Å²) < 4.78 is 0. The molecule has 0 aromatic heterocycles. The Labute approximate surface area is 120 Å². The van der Waals surface area contributed by atoms with Crippen molar-refractivity contribution >= 4 is 0 Å². The molecule has 0 spiro atoms. The summed E-state index contributed by atoms with van der Waals surface area (Å²) in [5.41, 5.74) is 0.572. The molecule has 2 rings (SSSR count). The van der Waals surface area contributed by atoms with Gasteiger partial charge in [-0.25, -0.2) is 0 Å². The van der Waals surface area contributed by atoms with Crippen LogP contribution in [0.25, 0.3) is 0 Å². The molecule has 1 aliphatic heterocycles. The highest BCUT2D eigenvalue weighted by atomic mass is 15.2. The molecule has 2 fully saturated rings. The van der Waals surface area contributed by atoms with Crippen LogP contribution in [0, 0.1) is 5.41 Å². The van der Waals surface area contributed by atoms with Crippen molar-refractivity contribution in [2.24, 2.45) is 5.41 Å². The van der Waals surface area contributed by atoms with Crippen LogP contribution in [-0.4, -0.2) is 36.6 Å². The molecule has 1 saturated heterocycles. The molecule has 1 N–H and O–H groups in total. The molecular formula is C17H34N2. The number of nitrogens with one attached hydrogen (secondary N) is 1. The first-order valence-electron chi connectivity index (χ1n) is 8.59. The van der Waals surface area contributed by atoms with E-state index in [0.29, 0.717) is 11.5 Å². The largest absolute Gasteiger partial charge is 0.314 e. The molecule has 1 heterocycles. The highest BCUT2D eigenvalue weighted by Crippen LogP contribution is 2.39. The first-order chi connectivity index (χ1) is 9.11. The Hall–Kier alpha value is -0.0800. The fourth-order valence-corrected chi connectivity index (χ4v) is 3.94. The van der Waals surface area contributed by atoms with Crippen LogP contribution in [-0.2, 0) is 0 Å². The van der Waals surface area contributed by atoms with Gasteiger partial charge in [0.1, 0.15) is 0 Å². The molecule has 2 nitrogen and oxygen atoms in total. The van der Waals surface area contributed by atoms with Crippen molar-refractivity contribution < 1.29 is 0 Å². The number of nitrogens with zero attached hydrogens (tertiary/aromatic N) is 1. The first kappa shape index (κ1) is 15.3. The van der Waals surface area contributed by atoms with Gasteiger partial charge in [0.05, 0.1) is 0 Å². The summed E-state index contributed by atoms with van der Waals surface area (Å²) in [5.74, 6) is 0.